The molecule has 1 saturated heterocycles. The van der Waals surface area contributed by atoms with Crippen molar-refractivity contribution in [2.24, 2.45) is 0 Å². The molecule has 6 heteroatoms. The van der Waals surface area contributed by atoms with E-state index < -0.39 is 0 Å². The molecule has 0 aliphatic carbocycles. The number of rotatable bonds is 5. The zero-order valence-electron chi connectivity index (χ0n) is 16.3. The van der Waals surface area contributed by atoms with E-state index in [1.165, 1.54) is 17.8 Å². The third kappa shape index (κ3) is 4.38. The van der Waals surface area contributed by atoms with Crippen molar-refractivity contribution in [1.82, 2.24) is 9.88 Å². The number of likely N-dealkylation sites (tertiary alicyclic amines) is 1. The number of benzene rings is 1. The number of ketones is 1. The van der Waals surface area contributed by atoms with E-state index in [9.17, 15) is 9.59 Å². The fourth-order valence-corrected chi connectivity index (χ4v) is 4.64. The molecule has 1 aromatic carbocycles. The molecule has 3 rings (SSSR count). The number of hydrogen-bond acceptors (Lipinski definition) is 5. The van der Waals surface area contributed by atoms with Crippen molar-refractivity contribution in [3.05, 3.63) is 34.8 Å². The number of amides is 1. The molecule has 0 bridgehead atoms. The second kappa shape index (κ2) is 8.21. The maximum absolute atomic E-state index is 12.5. The fourth-order valence-electron chi connectivity index (χ4n) is 3.67. The largest absolute Gasteiger partial charge is 0.484 e. The molecule has 0 N–H and O–H groups in total. The number of aromatic nitrogens is 1. The molecule has 1 aromatic heterocycles. The average molecular weight is 387 g/mol. The fraction of sp³-hybridized carbons (Fsp3) is 0.476. The van der Waals surface area contributed by atoms with Crippen molar-refractivity contribution >= 4 is 23.0 Å². The molecule has 1 fully saturated rings. The van der Waals surface area contributed by atoms with E-state index in [1.807, 2.05) is 36.1 Å². The lowest BCUT2D eigenvalue weighted by atomic mass is 9.97. The first-order chi connectivity index (χ1) is 12.9. The predicted molar refractivity (Wildman–Crippen MR) is 107 cm³/mol. The summed E-state index contributed by atoms with van der Waals surface area (Å²) in [5.41, 5.74) is 1.70. The number of ether oxygens (including phenoxy) is 1. The molecule has 5 nitrogen and oxygen atoms in total. The lowest BCUT2D eigenvalue weighted by Gasteiger charge is -2.38. The number of carbonyl (C=O) groups excluding carboxylic acids is 2. The Kier molecular flexibility index (Phi) is 5.95. The Morgan fingerprint density at radius 2 is 1.81 bits per heavy atom. The first-order valence-corrected chi connectivity index (χ1v) is 10.2. The van der Waals surface area contributed by atoms with Gasteiger partial charge in [-0.05, 0) is 64.3 Å². The highest BCUT2D eigenvalue weighted by atomic mass is 32.1. The minimum atomic E-state index is 0.0379. The Morgan fingerprint density at radius 3 is 2.37 bits per heavy atom. The minimum absolute atomic E-state index is 0.0379. The van der Waals surface area contributed by atoms with Gasteiger partial charge in [0.1, 0.15) is 10.8 Å². The molecule has 0 spiro atoms. The Hall–Kier alpha value is -2.21. The van der Waals surface area contributed by atoms with Crippen LogP contribution in [-0.2, 0) is 4.79 Å². The molecule has 1 amide bonds. The van der Waals surface area contributed by atoms with E-state index in [4.69, 9.17) is 4.74 Å². The highest BCUT2D eigenvalue weighted by Crippen LogP contribution is 2.29. The second-order valence-electron chi connectivity index (χ2n) is 7.23. The smallest absolute Gasteiger partial charge is 0.260 e. The minimum Gasteiger partial charge on any atom is -0.484 e. The SMILES string of the molecule is CC(=O)c1sc(-c2ccc(OCC(=O)N3[C@H](C)CCC[C@@H]3C)cc2)nc1C. The van der Waals surface area contributed by atoms with Crippen LogP contribution in [0.3, 0.4) is 0 Å². The van der Waals surface area contributed by atoms with Gasteiger partial charge in [-0.1, -0.05) is 0 Å². The van der Waals surface area contributed by atoms with E-state index in [0.717, 1.165) is 29.1 Å². The number of hydrogen-bond donors (Lipinski definition) is 0. The van der Waals surface area contributed by atoms with E-state index in [1.54, 1.807) is 6.92 Å². The Morgan fingerprint density at radius 1 is 1.19 bits per heavy atom. The van der Waals surface area contributed by atoms with Crippen molar-refractivity contribution in [2.75, 3.05) is 6.61 Å². The van der Waals surface area contributed by atoms with Crippen molar-refractivity contribution in [1.29, 1.82) is 0 Å². The predicted octanol–water partition coefficient (Wildman–Crippen LogP) is 4.49. The van der Waals surface area contributed by atoms with Crippen LogP contribution >= 0.6 is 11.3 Å². The van der Waals surface area contributed by atoms with Gasteiger partial charge in [-0.2, -0.15) is 0 Å². The van der Waals surface area contributed by atoms with Crippen LogP contribution in [0.4, 0.5) is 0 Å². The molecule has 0 saturated carbocycles. The maximum atomic E-state index is 12.5. The topological polar surface area (TPSA) is 59.5 Å². The maximum Gasteiger partial charge on any atom is 0.260 e. The lowest BCUT2D eigenvalue weighted by Crippen LogP contribution is -2.49. The van der Waals surface area contributed by atoms with E-state index in [-0.39, 0.29) is 30.4 Å². The van der Waals surface area contributed by atoms with Gasteiger partial charge in [-0.25, -0.2) is 4.98 Å². The highest BCUT2D eigenvalue weighted by Gasteiger charge is 2.28. The van der Waals surface area contributed by atoms with Crippen LogP contribution < -0.4 is 4.74 Å². The van der Waals surface area contributed by atoms with Crippen LogP contribution in [0.1, 0.15) is 55.4 Å². The average Bonchev–Trinajstić information content (AvgIpc) is 3.02. The monoisotopic (exact) mass is 386 g/mol. The van der Waals surface area contributed by atoms with Crippen molar-refractivity contribution in [3.8, 4) is 16.3 Å². The number of nitrogens with zero attached hydrogens (tertiary/aromatic N) is 2. The summed E-state index contributed by atoms with van der Waals surface area (Å²) >= 11 is 1.40. The molecule has 1 aliphatic rings. The van der Waals surface area contributed by atoms with E-state index in [2.05, 4.69) is 18.8 Å². The first-order valence-electron chi connectivity index (χ1n) is 9.39. The molecule has 144 valence electrons. The Balaban J connectivity index is 1.63. The Labute approximate surface area is 164 Å². The summed E-state index contributed by atoms with van der Waals surface area (Å²) in [7, 11) is 0. The van der Waals surface area contributed by atoms with Gasteiger partial charge in [0.2, 0.25) is 0 Å². The summed E-state index contributed by atoms with van der Waals surface area (Å²) in [6.45, 7) is 7.67. The molecule has 0 radical (unpaired) electrons. The molecule has 2 atom stereocenters. The van der Waals surface area contributed by atoms with E-state index in [0.29, 0.717) is 10.6 Å². The van der Waals surface area contributed by atoms with Crippen molar-refractivity contribution in [3.63, 3.8) is 0 Å². The molecule has 2 aromatic rings. The van der Waals surface area contributed by atoms with Crippen molar-refractivity contribution < 1.29 is 14.3 Å². The number of carbonyl (C=O) groups is 2. The van der Waals surface area contributed by atoms with Gasteiger partial charge in [-0.15, -0.1) is 11.3 Å². The summed E-state index contributed by atoms with van der Waals surface area (Å²) in [6.07, 6.45) is 3.29. The normalized spacial score (nSPS) is 19.8. The molecular weight excluding hydrogens is 360 g/mol. The summed E-state index contributed by atoms with van der Waals surface area (Å²) in [6, 6.07) is 8.06. The highest BCUT2D eigenvalue weighted by molar-refractivity contribution is 7.17. The zero-order valence-corrected chi connectivity index (χ0v) is 17.1. The van der Waals surface area contributed by atoms with Gasteiger partial charge in [0.25, 0.3) is 5.91 Å². The van der Waals surface area contributed by atoms with Gasteiger partial charge < -0.3 is 9.64 Å². The standard InChI is InChI=1S/C21H26N2O3S/c1-13-6-5-7-14(2)23(13)19(25)12-26-18-10-8-17(9-11-18)21-22-15(3)20(27-21)16(4)24/h8-11,13-14H,5-7,12H2,1-4H3/t13-,14+. The summed E-state index contributed by atoms with van der Waals surface area (Å²) < 4.78 is 5.71. The third-order valence-electron chi connectivity index (χ3n) is 5.06. The number of aryl methyl sites for hydroxylation is 1. The van der Waals surface area contributed by atoms with Gasteiger partial charge in [-0.3, -0.25) is 9.59 Å². The third-order valence-corrected chi connectivity index (χ3v) is 6.37. The van der Waals surface area contributed by atoms with E-state index >= 15 is 0 Å². The van der Waals surface area contributed by atoms with Crippen LogP contribution in [0.2, 0.25) is 0 Å². The van der Waals surface area contributed by atoms with Crippen molar-refractivity contribution in [2.45, 2.75) is 59.0 Å². The van der Waals surface area contributed by atoms with Gasteiger partial charge in [0.05, 0.1) is 10.6 Å². The number of piperidine rings is 1. The summed E-state index contributed by atoms with van der Waals surface area (Å²) in [4.78, 5) is 31.3. The lowest BCUT2D eigenvalue weighted by molar-refractivity contribution is -0.139. The zero-order chi connectivity index (χ0) is 19.6. The summed E-state index contributed by atoms with van der Waals surface area (Å²) in [5.74, 6) is 0.737. The van der Waals surface area contributed by atoms with Crippen LogP contribution in [0.25, 0.3) is 10.6 Å². The van der Waals surface area contributed by atoms with Crippen LogP contribution in [0.15, 0.2) is 24.3 Å². The molecule has 0 unspecified atom stereocenters. The first kappa shape index (κ1) is 19.5. The second-order valence-corrected chi connectivity index (χ2v) is 8.23. The van der Waals surface area contributed by atoms with Crippen LogP contribution in [-0.4, -0.2) is 40.3 Å². The van der Waals surface area contributed by atoms with Crippen LogP contribution in [0, 0.1) is 6.92 Å². The molecule has 1 aliphatic heterocycles. The molecule has 27 heavy (non-hydrogen) atoms. The Bertz CT molecular complexity index is 818. The number of Topliss-reactive ketones (excluding diaryl/α,β-unsaturated/α-hetero) is 1. The van der Waals surface area contributed by atoms with Gasteiger partial charge in [0, 0.05) is 24.6 Å². The quantitative estimate of drug-likeness (QED) is 0.711. The van der Waals surface area contributed by atoms with Gasteiger partial charge >= 0.3 is 0 Å². The molecule has 2 heterocycles. The summed E-state index contributed by atoms with van der Waals surface area (Å²) in [5, 5.41) is 0.816. The number of thiazole rings is 1. The molecular formula is C21H26N2O3S. The van der Waals surface area contributed by atoms with Crippen LogP contribution in [0.5, 0.6) is 5.75 Å². The van der Waals surface area contributed by atoms with Gasteiger partial charge in [0.15, 0.2) is 12.4 Å².